The normalized spacial score (nSPS) is 17.7. The Morgan fingerprint density at radius 1 is 1.48 bits per heavy atom. The summed E-state index contributed by atoms with van der Waals surface area (Å²) in [5.74, 6) is 0.340. The summed E-state index contributed by atoms with van der Waals surface area (Å²) in [7, 11) is 1.54. The minimum Gasteiger partial charge on any atom is -0.490 e. The van der Waals surface area contributed by atoms with Crippen LogP contribution in [-0.2, 0) is 5.60 Å². The van der Waals surface area contributed by atoms with E-state index < -0.39 is 11.4 Å². The molecule has 0 aromatic heterocycles. The van der Waals surface area contributed by atoms with Crippen LogP contribution in [0.3, 0.4) is 0 Å². The molecule has 0 amide bonds. The predicted octanol–water partition coefficient (Wildman–Crippen LogP) is 2.80. The lowest BCUT2D eigenvalue weighted by molar-refractivity contribution is 0.0321. The lowest BCUT2D eigenvalue weighted by Crippen LogP contribution is -2.35. The summed E-state index contributed by atoms with van der Waals surface area (Å²) >= 11 is 0. The Bertz CT molecular complexity index is 506. The molecule has 1 unspecified atom stereocenters. The van der Waals surface area contributed by atoms with Crippen molar-refractivity contribution < 1.29 is 14.2 Å². The van der Waals surface area contributed by atoms with Crippen molar-refractivity contribution in [2.45, 2.75) is 31.8 Å². The first-order valence-corrected chi connectivity index (χ1v) is 7.26. The Morgan fingerprint density at radius 2 is 2.24 bits per heavy atom. The molecule has 2 rings (SSSR count). The summed E-state index contributed by atoms with van der Waals surface area (Å²) in [6, 6.07) is 4.49. The number of aliphatic hydroxyl groups is 1. The van der Waals surface area contributed by atoms with Crippen LogP contribution in [0.15, 0.2) is 28.5 Å². The molecule has 1 saturated carbocycles. The fourth-order valence-corrected chi connectivity index (χ4v) is 2.06. The predicted molar refractivity (Wildman–Crippen MR) is 77.6 cm³/mol. The van der Waals surface area contributed by atoms with Crippen LogP contribution in [0.5, 0.6) is 5.75 Å². The number of benzene rings is 1. The highest BCUT2D eigenvalue weighted by atomic mass is 19.1. The number of hydrogen-bond donors (Lipinski definition) is 2. The van der Waals surface area contributed by atoms with Gasteiger partial charge in [-0.1, -0.05) is 18.2 Å². The van der Waals surface area contributed by atoms with Gasteiger partial charge in [-0.05, 0) is 42.9 Å². The van der Waals surface area contributed by atoms with E-state index in [1.54, 1.807) is 19.2 Å². The highest BCUT2D eigenvalue weighted by Crippen LogP contribution is 2.32. The molecule has 0 aliphatic heterocycles. The second-order valence-corrected chi connectivity index (χ2v) is 5.42. The molecule has 6 heteroatoms. The van der Waals surface area contributed by atoms with Crippen LogP contribution in [0.4, 0.5) is 4.39 Å². The maximum absolute atomic E-state index is 13.8. The van der Waals surface area contributed by atoms with Gasteiger partial charge in [0.05, 0.1) is 20.2 Å². The molecule has 21 heavy (non-hydrogen) atoms. The molecule has 5 nitrogen and oxygen atoms in total. The van der Waals surface area contributed by atoms with Crippen LogP contribution in [0.25, 0.3) is 0 Å². The molecule has 1 aliphatic carbocycles. The lowest BCUT2D eigenvalue weighted by Gasteiger charge is -2.27. The maximum atomic E-state index is 13.8. The van der Waals surface area contributed by atoms with Crippen LogP contribution in [0.1, 0.15) is 31.7 Å². The fraction of sp³-hybridized carbons (Fsp3) is 0.600. The minimum atomic E-state index is -1.14. The van der Waals surface area contributed by atoms with Crippen LogP contribution in [0.2, 0.25) is 0 Å². The molecular formula is C15H22FN3O2. The monoisotopic (exact) mass is 295 g/mol. The molecule has 1 atom stereocenters. The molecule has 1 fully saturated rings. The summed E-state index contributed by atoms with van der Waals surface area (Å²) < 4.78 is 19.3. The van der Waals surface area contributed by atoms with E-state index >= 15 is 0 Å². The third kappa shape index (κ3) is 4.14. The highest BCUT2D eigenvalue weighted by Gasteiger charge is 2.29. The summed E-state index contributed by atoms with van der Waals surface area (Å²) in [5, 5.41) is 17.9. The molecule has 0 heterocycles. The third-order valence-corrected chi connectivity index (χ3v) is 3.77. The number of ether oxygens (including phenoxy) is 1. The number of hydrogen-bond acceptors (Lipinski definition) is 4. The van der Waals surface area contributed by atoms with Gasteiger partial charge in [0.25, 0.3) is 0 Å². The van der Waals surface area contributed by atoms with Crippen molar-refractivity contribution in [2.24, 2.45) is 16.3 Å². The molecule has 0 radical (unpaired) electrons. The Balaban J connectivity index is 2.13. The van der Waals surface area contributed by atoms with E-state index in [2.05, 4.69) is 15.8 Å². The van der Waals surface area contributed by atoms with Crippen LogP contribution in [0, 0.1) is 11.7 Å². The van der Waals surface area contributed by atoms with Crippen molar-refractivity contribution in [3.63, 3.8) is 0 Å². The lowest BCUT2D eigenvalue weighted by atomic mass is 9.91. The van der Waals surface area contributed by atoms with Crippen LogP contribution >= 0.6 is 0 Å². The largest absolute Gasteiger partial charge is 0.490 e. The number of nitrogens with zero attached hydrogens (tertiary/aromatic N) is 2. The fourth-order valence-electron chi connectivity index (χ4n) is 2.06. The van der Waals surface area contributed by atoms with Gasteiger partial charge in [0.2, 0.25) is 0 Å². The molecule has 0 bridgehead atoms. The van der Waals surface area contributed by atoms with Crippen molar-refractivity contribution in [2.75, 3.05) is 20.2 Å². The highest BCUT2D eigenvalue weighted by molar-refractivity contribution is 5.34. The summed E-state index contributed by atoms with van der Waals surface area (Å²) in [6.07, 6.45) is 2.76. The molecule has 2 N–H and O–H groups in total. The first-order chi connectivity index (χ1) is 10.1. The first-order valence-electron chi connectivity index (χ1n) is 7.26. The van der Waals surface area contributed by atoms with Gasteiger partial charge in [-0.15, -0.1) is 0 Å². The van der Waals surface area contributed by atoms with Crippen molar-refractivity contribution in [3.8, 4) is 5.75 Å². The molecule has 0 spiro atoms. The summed E-state index contributed by atoms with van der Waals surface area (Å²) in [5.41, 5.74) is 2.16. The quantitative estimate of drug-likeness (QED) is 0.572. The van der Waals surface area contributed by atoms with Gasteiger partial charge in [-0.25, -0.2) is 4.39 Å². The van der Waals surface area contributed by atoms with Gasteiger partial charge in [-0.3, -0.25) is 5.43 Å². The second-order valence-electron chi connectivity index (χ2n) is 5.42. The van der Waals surface area contributed by atoms with E-state index in [1.807, 2.05) is 6.92 Å². The molecular weight excluding hydrogens is 273 g/mol. The van der Waals surface area contributed by atoms with E-state index in [-0.39, 0.29) is 12.3 Å². The molecule has 1 aromatic rings. The average Bonchev–Trinajstić information content (AvgIpc) is 3.30. The maximum Gasteiger partial charge on any atom is 0.165 e. The standard InChI is InChI=1S/C15H22FN3O2/c1-3-15(20,10-18-19-17-2)12-6-7-13(16)14(8-12)21-9-11-4-5-11/h6-8,11,20H,3-5,9-10H2,1-2H3,(H,17,18). The van der Waals surface area contributed by atoms with E-state index in [1.165, 1.54) is 6.07 Å². The van der Waals surface area contributed by atoms with Crippen molar-refractivity contribution in [3.05, 3.63) is 29.6 Å². The van der Waals surface area contributed by atoms with E-state index in [9.17, 15) is 9.50 Å². The number of halogens is 1. The Labute approximate surface area is 124 Å². The zero-order valence-corrected chi connectivity index (χ0v) is 12.5. The minimum absolute atomic E-state index is 0.198. The molecule has 1 aromatic carbocycles. The van der Waals surface area contributed by atoms with Gasteiger partial charge in [0.15, 0.2) is 11.6 Å². The van der Waals surface area contributed by atoms with Crippen molar-refractivity contribution >= 4 is 0 Å². The second kappa shape index (κ2) is 6.85. The number of rotatable bonds is 8. The van der Waals surface area contributed by atoms with Gasteiger partial charge in [0, 0.05) is 0 Å². The number of nitrogens with one attached hydrogen (secondary N) is 1. The smallest absolute Gasteiger partial charge is 0.165 e. The zero-order valence-electron chi connectivity index (χ0n) is 12.5. The zero-order chi connectivity index (χ0) is 15.3. The van der Waals surface area contributed by atoms with E-state index in [4.69, 9.17) is 4.74 Å². The average molecular weight is 295 g/mol. The van der Waals surface area contributed by atoms with Crippen LogP contribution in [-0.4, -0.2) is 25.3 Å². The molecule has 116 valence electrons. The topological polar surface area (TPSA) is 66.2 Å². The van der Waals surface area contributed by atoms with Crippen LogP contribution < -0.4 is 10.2 Å². The summed E-state index contributed by atoms with van der Waals surface area (Å²) in [6.45, 7) is 2.60. The van der Waals surface area contributed by atoms with Gasteiger partial charge < -0.3 is 9.84 Å². The summed E-state index contributed by atoms with van der Waals surface area (Å²) in [4.78, 5) is 0. The Hall–Kier alpha value is -1.69. The third-order valence-electron chi connectivity index (χ3n) is 3.77. The Morgan fingerprint density at radius 3 is 2.86 bits per heavy atom. The van der Waals surface area contributed by atoms with Gasteiger partial charge in [-0.2, -0.15) is 5.11 Å². The van der Waals surface area contributed by atoms with Gasteiger partial charge >= 0.3 is 0 Å². The first kappa shape index (κ1) is 15.7. The van der Waals surface area contributed by atoms with E-state index in [0.29, 0.717) is 24.5 Å². The Kier molecular flexibility index (Phi) is 5.12. The van der Waals surface area contributed by atoms with Crippen molar-refractivity contribution in [1.82, 2.24) is 5.43 Å². The SMILES string of the molecule is CCC(O)(CN/N=N\C)c1ccc(F)c(OCC2CC2)c1. The van der Waals surface area contributed by atoms with Crippen molar-refractivity contribution in [1.29, 1.82) is 0 Å². The molecule has 0 saturated heterocycles. The molecule has 1 aliphatic rings. The van der Waals surface area contributed by atoms with Gasteiger partial charge in [0.1, 0.15) is 5.60 Å². The van der Waals surface area contributed by atoms with E-state index in [0.717, 1.165) is 12.8 Å².